The molecule has 1 aromatic rings. The van der Waals surface area contributed by atoms with E-state index in [0.717, 1.165) is 7.11 Å². The molecule has 0 aliphatic rings. The summed E-state index contributed by atoms with van der Waals surface area (Å²) in [5, 5.41) is 1.56. The van der Waals surface area contributed by atoms with Crippen molar-refractivity contribution in [1.82, 2.24) is 5.32 Å². The predicted octanol–water partition coefficient (Wildman–Crippen LogP) is 1.27. The Balaban J connectivity index is 3.08. The van der Waals surface area contributed by atoms with E-state index in [1.54, 1.807) is 5.32 Å². The summed E-state index contributed by atoms with van der Waals surface area (Å²) in [6.45, 7) is 0. The summed E-state index contributed by atoms with van der Waals surface area (Å²) in [7, 11) is 2.30. The number of aldehydes is 1. The summed E-state index contributed by atoms with van der Waals surface area (Å²) in [6.07, 6.45) is -4.94. The number of amides is 1. The highest BCUT2D eigenvalue weighted by Gasteiger charge is 2.41. The highest BCUT2D eigenvalue weighted by molar-refractivity contribution is 5.87. The maximum Gasteiger partial charge on any atom is 0.471 e. The van der Waals surface area contributed by atoms with Crippen LogP contribution in [0.25, 0.3) is 0 Å². The van der Waals surface area contributed by atoms with Crippen LogP contribution in [0.15, 0.2) is 18.2 Å². The van der Waals surface area contributed by atoms with Crippen LogP contribution in [0, 0.1) is 0 Å². The quantitative estimate of drug-likeness (QED) is 0.626. The number of hydrogen-bond acceptors (Lipinski definition) is 5. The molecule has 9 heteroatoms. The van der Waals surface area contributed by atoms with Crippen molar-refractivity contribution in [3.05, 3.63) is 29.3 Å². The van der Waals surface area contributed by atoms with E-state index >= 15 is 0 Å². The zero-order valence-electron chi connectivity index (χ0n) is 12.3. The molecule has 0 unspecified atom stereocenters. The van der Waals surface area contributed by atoms with Crippen LogP contribution in [0.2, 0.25) is 0 Å². The minimum absolute atomic E-state index is 0.242. The van der Waals surface area contributed by atoms with Gasteiger partial charge in [0, 0.05) is 12.0 Å². The van der Waals surface area contributed by atoms with Crippen molar-refractivity contribution in [3.8, 4) is 5.75 Å². The van der Waals surface area contributed by atoms with Gasteiger partial charge in [-0.05, 0) is 23.8 Å². The second kappa shape index (κ2) is 7.61. The normalized spacial score (nSPS) is 12.2. The molecule has 1 atom stereocenters. The van der Waals surface area contributed by atoms with Crippen molar-refractivity contribution >= 4 is 18.2 Å². The Kier molecular flexibility index (Phi) is 6.11. The molecule has 6 nitrogen and oxygen atoms in total. The fourth-order valence-electron chi connectivity index (χ4n) is 1.83. The molecule has 0 bridgehead atoms. The number of halogens is 3. The second-order valence-electron chi connectivity index (χ2n) is 4.44. The average molecular weight is 333 g/mol. The standard InChI is InChI=1S/C14H14F3NO5/c1-22-11-4-3-8(7-19)5-9(11)6-10(12(20)23-2)18-13(21)14(15,16)17/h3-5,7,10H,6H2,1-2H3,(H,18,21)/t10-/m0/s1. The first-order valence-electron chi connectivity index (χ1n) is 6.30. The molecule has 0 spiro atoms. The van der Waals surface area contributed by atoms with Gasteiger partial charge >= 0.3 is 18.1 Å². The van der Waals surface area contributed by atoms with Gasteiger partial charge in [0.25, 0.3) is 0 Å². The van der Waals surface area contributed by atoms with Gasteiger partial charge in [-0.3, -0.25) is 9.59 Å². The largest absolute Gasteiger partial charge is 0.496 e. The maximum atomic E-state index is 12.3. The molecular formula is C14H14F3NO5. The first kappa shape index (κ1) is 18.5. The van der Waals surface area contributed by atoms with E-state index in [0.29, 0.717) is 6.29 Å². The summed E-state index contributed by atoms with van der Waals surface area (Å²) >= 11 is 0. The lowest BCUT2D eigenvalue weighted by Crippen LogP contribution is -2.48. The highest BCUT2D eigenvalue weighted by Crippen LogP contribution is 2.22. The number of nitrogens with one attached hydrogen (secondary N) is 1. The Hall–Kier alpha value is -2.58. The van der Waals surface area contributed by atoms with Crippen molar-refractivity contribution in [3.63, 3.8) is 0 Å². The van der Waals surface area contributed by atoms with Crippen molar-refractivity contribution in [2.75, 3.05) is 14.2 Å². The monoisotopic (exact) mass is 333 g/mol. The van der Waals surface area contributed by atoms with Gasteiger partial charge in [0.15, 0.2) is 0 Å². The summed E-state index contributed by atoms with van der Waals surface area (Å²) in [4.78, 5) is 33.4. The van der Waals surface area contributed by atoms with E-state index in [1.807, 2.05) is 0 Å². The number of alkyl halides is 3. The summed E-state index contributed by atoms with van der Waals surface area (Å²) in [6, 6.07) is 2.64. The fraction of sp³-hybridized carbons (Fsp3) is 0.357. The first-order valence-corrected chi connectivity index (χ1v) is 6.30. The Bertz CT molecular complexity index is 601. The minimum atomic E-state index is -5.14. The second-order valence-corrected chi connectivity index (χ2v) is 4.44. The molecule has 1 N–H and O–H groups in total. The third kappa shape index (κ3) is 4.97. The summed E-state index contributed by atoms with van der Waals surface area (Å²) in [5.74, 6) is -3.06. The topological polar surface area (TPSA) is 81.7 Å². The van der Waals surface area contributed by atoms with Crippen LogP contribution in [-0.4, -0.2) is 44.6 Å². The molecule has 0 fully saturated rings. The van der Waals surface area contributed by atoms with Crippen LogP contribution < -0.4 is 10.1 Å². The summed E-state index contributed by atoms with van der Waals surface area (Å²) in [5.41, 5.74) is 0.515. The molecule has 126 valence electrons. The smallest absolute Gasteiger partial charge is 0.471 e. The molecule has 0 aliphatic heterocycles. The Morgan fingerprint density at radius 3 is 2.43 bits per heavy atom. The highest BCUT2D eigenvalue weighted by atomic mass is 19.4. The fourth-order valence-corrected chi connectivity index (χ4v) is 1.83. The zero-order valence-corrected chi connectivity index (χ0v) is 12.3. The Labute approximate surface area is 129 Å². The number of carbonyl (C=O) groups excluding carboxylic acids is 3. The molecular weight excluding hydrogens is 319 g/mol. The van der Waals surface area contributed by atoms with E-state index in [2.05, 4.69) is 4.74 Å². The molecule has 1 rings (SSSR count). The minimum Gasteiger partial charge on any atom is -0.496 e. The lowest BCUT2D eigenvalue weighted by Gasteiger charge is -2.19. The predicted molar refractivity (Wildman–Crippen MR) is 72.1 cm³/mol. The van der Waals surface area contributed by atoms with Gasteiger partial charge in [-0.15, -0.1) is 0 Å². The lowest BCUT2D eigenvalue weighted by molar-refractivity contribution is -0.175. The number of methoxy groups -OCH3 is 2. The molecule has 1 amide bonds. The Morgan fingerprint density at radius 2 is 1.96 bits per heavy atom. The van der Waals surface area contributed by atoms with Crippen LogP contribution in [0.1, 0.15) is 15.9 Å². The number of benzene rings is 1. The number of hydrogen-bond donors (Lipinski definition) is 1. The van der Waals surface area contributed by atoms with Crippen molar-refractivity contribution in [2.45, 2.75) is 18.6 Å². The van der Waals surface area contributed by atoms with Crippen molar-refractivity contribution in [1.29, 1.82) is 0 Å². The van der Waals surface area contributed by atoms with Gasteiger partial charge in [-0.1, -0.05) is 0 Å². The number of ether oxygens (including phenoxy) is 2. The van der Waals surface area contributed by atoms with E-state index in [1.165, 1.54) is 25.3 Å². The van der Waals surface area contributed by atoms with Crippen LogP contribution in [-0.2, 0) is 20.7 Å². The van der Waals surface area contributed by atoms with Crippen LogP contribution in [0.4, 0.5) is 13.2 Å². The van der Waals surface area contributed by atoms with Crippen molar-refractivity contribution in [2.24, 2.45) is 0 Å². The number of rotatable bonds is 6. The van der Waals surface area contributed by atoms with Crippen molar-refractivity contribution < 1.29 is 37.0 Å². The third-order valence-electron chi connectivity index (χ3n) is 2.91. The van der Waals surface area contributed by atoms with E-state index in [9.17, 15) is 27.6 Å². The molecule has 1 aromatic carbocycles. The van der Waals surface area contributed by atoms with Crippen LogP contribution in [0.3, 0.4) is 0 Å². The molecule has 0 aliphatic carbocycles. The van der Waals surface area contributed by atoms with Gasteiger partial charge in [0.2, 0.25) is 0 Å². The third-order valence-corrected chi connectivity index (χ3v) is 2.91. The molecule has 0 radical (unpaired) electrons. The van der Waals surface area contributed by atoms with Gasteiger partial charge in [-0.2, -0.15) is 13.2 Å². The SMILES string of the molecule is COC(=O)[C@H](Cc1cc(C=O)ccc1OC)NC(=O)C(F)(F)F. The Morgan fingerprint density at radius 1 is 1.30 bits per heavy atom. The zero-order chi connectivity index (χ0) is 17.6. The number of esters is 1. The average Bonchev–Trinajstić information content (AvgIpc) is 2.52. The van der Waals surface area contributed by atoms with Gasteiger partial charge in [-0.25, -0.2) is 4.79 Å². The van der Waals surface area contributed by atoms with E-state index in [-0.39, 0.29) is 23.3 Å². The van der Waals surface area contributed by atoms with Gasteiger partial charge in [0.05, 0.1) is 14.2 Å². The lowest BCUT2D eigenvalue weighted by atomic mass is 10.0. The number of carbonyl (C=O) groups is 3. The van der Waals surface area contributed by atoms with Gasteiger partial charge in [0.1, 0.15) is 18.1 Å². The van der Waals surface area contributed by atoms with Crippen LogP contribution >= 0.6 is 0 Å². The van der Waals surface area contributed by atoms with E-state index in [4.69, 9.17) is 4.74 Å². The molecule has 0 heterocycles. The molecule has 0 saturated carbocycles. The molecule has 0 saturated heterocycles. The first-order chi connectivity index (χ1) is 10.7. The van der Waals surface area contributed by atoms with Gasteiger partial charge < -0.3 is 14.8 Å². The maximum absolute atomic E-state index is 12.3. The summed E-state index contributed by atoms with van der Waals surface area (Å²) < 4.78 is 46.5. The van der Waals surface area contributed by atoms with E-state index < -0.39 is 24.1 Å². The van der Waals surface area contributed by atoms with Crippen LogP contribution in [0.5, 0.6) is 5.75 Å². The molecule has 23 heavy (non-hydrogen) atoms. The molecule has 0 aromatic heterocycles.